The van der Waals surface area contributed by atoms with Gasteiger partial charge in [-0.05, 0) is 30.2 Å². The summed E-state index contributed by atoms with van der Waals surface area (Å²) in [5.74, 6) is 0.591. The summed E-state index contributed by atoms with van der Waals surface area (Å²) in [5, 5.41) is 9.52. The van der Waals surface area contributed by atoms with Crippen molar-refractivity contribution < 1.29 is 9.53 Å². The van der Waals surface area contributed by atoms with Gasteiger partial charge >= 0.3 is 0 Å². The van der Waals surface area contributed by atoms with Crippen LogP contribution in [0.2, 0.25) is 0 Å². The molecule has 0 aliphatic rings. The molecule has 0 unspecified atom stereocenters. The van der Waals surface area contributed by atoms with E-state index in [4.69, 9.17) is 4.74 Å². The zero-order chi connectivity index (χ0) is 20.8. The van der Waals surface area contributed by atoms with Crippen LogP contribution in [-0.2, 0) is 19.7 Å². The molecule has 0 radical (unpaired) electrons. The predicted molar refractivity (Wildman–Crippen MR) is 114 cm³/mol. The summed E-state index contributed by atoms with van der Waals surface area (Å²) in [6.07, 6.45) is 3.20. The molecular weight excluding hydrogens is 398 g/mol. The first kappa shape index (κ1) is 19.8. The summed E-state index contributed by atoms with van der Waals surface area (Å²) in [5.41, 5.74) is 3.72. The van der Waals surface area contributed by atoms with Gasteiger partial charge in [0.15, 0.2) is 0 Å². The van der Waals surface area contributed by atoms with E-state index in [9.17, 15) is 4.79 Å². The van der Waals surface area contributed by atoms with E-state index in [2.05, 4.69) is 20.4 Å². The number of rotatable bonds is 8. The van der Waals surface area contributed by atoms with Crippen molar-refractivity contribution in [3.63, 3.8) is 0 Å². The van der Waals surface area contributed by atoms with Crippen molar-refractivity contribution in [1.29, 1.82) is 0 Å². The van der Waals surface area contributed by atoms with Crippen LogP contribution in [0.25, 0.3) is 0 Å². The van der Waals surface area contributed by atoms with Gasteiger partial charge in [-0.25, -0.2) is 14.6 Å². The second kappa shape index (κ2) is 9.32. The molecule has 0 spiro atoms. The van der Waals surface area contributed by atoms with E-state index in [0.717, 1.165) is 21.9 Å². The lowest BCUT2D eigenvalue weighted by molar-refractivity contribution is 0.0946. The quantitative estimate of drug-likeness (QED) is 0.472. The maximum Gasteiger partial charge on any atom is 0.271 e. The predicted octanol–water partition coefficient (Wildman–Crippen LogP) is 3.60. The van der Waals surface area contributed by atoms with E-state index in [-0.39, 0.29) is 5.91 Å². The average Bonchev–Trinajstić information content (AvgIpc) is 3.45. The second-order valence-corrected chi connectivity index (χ2v) is 7.76. The first-order valence-electron chi connectivity index (χ1n) is 9.48. The third kappa shape index (κ3) is 5.30. The first-order chi connectivity index (χ1) is 14.7. The molecule has 0 saturated heterocycles. The Kier molecular flexibility index (Phi) is 6.14. The fraction of sp³-hybridized carbons (Fsp3) is 0.182. The van der Waals surface area contributed by atoms with Gasteiger partial charge in [-0.1, -0.05) is 42.0 Å². The van der Waals surface area contributed by atoms with Crippen molar-refractivity contribution in [2.24, 2.45) is 0 Å². The summed E-state index contributed by atoms with van der Waals surface area (Å²) >= 11 is 1.42. The number of aryl methyl sites for hydroxylation is 1. The van der Waals surface area contributed by atoms with Crippen LogP contribution in [0.4, 0.5) is 0 Å². The lowest BCUT2D eigenvalue weighted by atomic mass is 10.1. The van der Waals surface area contributed by atoms with Gasteiger partial charge in [-0.3, -0.25) is 4.79 Å². The van der Waals surface area contributed by atoms with E-state index in [1.165, 1.54) is 23.2 Å². The molecule has 2 aromatic carbocycles. The normalized spacial score (nSPS) is 10.7. The van der Waals surface area contributed by atoms with Gasteiger partial charge in [-0.15, -0.1) is 11.3 Å². The molecule has 0 saturated carbocycles. The Morgan fingerprint density at radius 1 is 1.10 bits per heavy atom. The number of nitrogens with one attached hydrogen (secondary N) is 1. The summed E-state index contributed by atoms with van der Waals surface area (Å²) < 4.78 is 7.49. The number of nitrogens with zero attached hydrogens (tertiary/aromatic N) is 4. The molecule has 0 atom stereocenters. The second-order valence-electron chi connectivity index (χ2n) is 6.82. The molecule has 1 amide bonds. The van der Waals surface area contributed by atoms with Crippen LogP contribution >= 0.6 is 11.3 Å². The van der Waals surface area contributed by atoms with Crippen LogP contribution in [0.15, 0.2) is 66.6 Å². The molecule has 152 valence electrons. The van der Waals surface area contributed by atoms with Gasteiger partial charge in [0.05, 0.1) is 6.54 Å². The third-order valence-electron chi connectivity index (χ3n) is 4.45. The minimum atomic E-state index is -0.195. The van der Waals surface area contributed by atoms with Gasteiger partial charge in [0.1, 0.15) is 35.7 Å². The summed E-state index contributed by atoms with van der Waals surface area (Å²) in [7, 11) is 0. The van der Waals surface area contributed by atoms with Gasteiger partial charge in [-0.2, -0.15) is 5.10 Å². The van der Waals surface area contributed by atoms with E-state index in [0.29, 0.717) is 25.4 Å². The Hall–Kier alpha value is -3.52. The Labute approximate surface area is 178 Å². The third-order valence-corrected chi connectivity index (χ3v) is 5.28. The molecule has 4 aromatic rings. The van der Waals surface area contributed by atoms with Crippen LogP contribution < -0.4 is 10.1 Å². The van der Waals surface area contributed by atoms with Gasteiger partial charge in [0.2, 0.25) is 0 Å². The maximum absolute atomic E-state index is 12.4. The van der Waals surface area contributed by atoms with Crippen LogP contribution in [0.5, 0.6) is 5.75 Å². The zero-order valence-electron chi connectivity index (χ0n) is 16.5. The fourth-order valence-corrected chi connectivity index (χ4v) is 3.48. The van der Waals surface area contributed by atoms with Crippen molar-refractivity contribution in [3.05, 3.63) is 94.0 Å². The summed E-state index contributed by atoms with van der Waals surface area (Å²) in [4.78, 5) is 20.7. The van der Waals surface area contributed by atoms with E-state index in [1.54, 1.807) is 16.4 Å². The average molecular weight is 420 g/mol. The Morgan fingerprint density at radius 2 is 1.87 bits per heavy atom. The molecule has 7 nitrogen and oxygen atoms in total. The summed E-state index contributed by atoms with van der Waals surface area (Å²) in [6, 6.07) is 15.9. The maximum atomic E-state index is 12.4. The number of ether oxygens (including phenoxy) is 1. The molecule has 2 aromatic heterocycles. The largest absolute Gasteiger partial charge is 0.486 e. The number of carbonyl (C=O) groups excluding carboxylic acids is 1. The highest BCUT2D eigenvalue weighted by Gasteiger charge is 2.11. The number of benzene rings is 2. The smallest absolute Gasteiger partial charge is 0.271 e. The van der Waals surface area contributed by atoms with E-state index >= 15 is 0 Å². The van der Waals surface area contributed by atoms with Crippen LogP contribution in [-0.4, -0.2) is 25.7 Å². The number of aromatic nitrogens is 4. The standard InChI is InChI=1S/C22H21N5O2S/c1-16-2-8-19(9-3-16)29-12-21-26-20(13-30-21)22(28)24-10-17-4-6-18(7-5-17)11-27-15-23-14-25-27/h2-9,13-15H,10-12H2,1H3,(H,24,28). The molecule has 30 heavy (non-hydrogen) atoms. The molecule has 0 aliphatic carbocycles. The highest BCUT2D eigenvalue weighted by Crippen LogP contribution is 2.16. The Morgan fingerprint density at radius 3 is 2.60 bits per heavy atom. The minimum absolute atomic E-state index is 0.195. The fourth-order valence-electron chi connectivity index (χ4n) is 2.80. The SMILES string of the molecule is Cc1ccc(OCc2nc(C(=O)NCc3ccc(Cn4cncn4)cc3)cs2)cc1. The zero-order valence-corrected chi connectivity index (χ0v) is 17.3. The molecule has 8 heteroatoms. The van der Waals surface area contributed by atoms with Gasteiger partial charge in [0, 0.05) is 11.9 Å². The van der Waals surface area contributed by atoms with Crippen molar-refractivity contribution >= 4 is 17.2 Å². The van der Waals surface area contributed by atoms with Crippen LogP contribution in [0, 0.1) is 6.92 Å². The van der Waals surface area contributed by atoms with Gasteiger partial charge < -0.3 is 10.1 Å². The molecule has 0 fully saturated rings. The highest BCUT2D eigenvalue weighted by atomic mass is 32.1. The van der Waals surface area contributed by atoms with E-state index in [1.807, 2.05) is 55.5 Å². The lowest BCUT2D eigenvalue weighted by Crippen LogP contribution is -2.23. The molecule has 0 aliphatic heterocycles. The number of hydrogen-bond acceptors (Lipinski definition) is 6. The molecule has 1 N–H and O–H groups in total. The molecule has 0 bridgehead atoms. The van der Waals surface area contributed by atoms with Crippen molar-refractivity contribution in [1.82, 2.24) is 25.1 Å². The van der Waals surface area contributed by atoms with Crippen molar-refractivity contribution in [2.45, 2.75) is 26.6 Å². The topological polar surface area (TPSA) is 81.9 Å². The highest BCUT2D eigenvalue weighted by molar-refractivity contribution is 7.09. The van der Waals surface area contributed by atoms with E-state index < -0.39 is 0 Å². The molecule has 2 heterocycles. The number of carbonyl (C=O) groups is 1. The van der Waals surface area contributed by atoms with Crippen LogP contribution in [0.3, 0.4) is 0 Å². The number of thiazole rings is 1. The molecule has 4 rings (SSSR count). The van der Waals surface area contributed by atoms with Crippen molar-refractivity contribution in [3.8, 4) is 5.75 Å². The van der Waals surface area contributed by atoms with Gasteiger partial charge in [0.25, 0.3) is 5.91 Å². The molecular formula is C22H21N5O2S. The Balaban J connectivity index is 1.26. The first-order valence-corrected chi connectivity index (χ1v) is 10.4. The lowest BCUT2D eigenvalue weighted by Gasteiger charge is -2.06. The van der Waals surface area contributed by atoms with Crippen molar-refractivity contribution in [2.75, 3.05) is 0 Å². The Bertz CT molecular complexity index is 1090. The summed E-state index contributed by atoms with van der Waals surface area (Å²) in [6.45, 7) is 3.48. The van der Waals surface area contributed by atoms with Crippen LogP contribution in [0.1, 0.15) is 32.2 Å². The minimum Gasteiger partial charge on any atom is -0.486 e. The number of hydrogen-bond donors (Lipinski definition) is 1. The number of amides is 1. The monoisotopic (exact) mass is 419 g/mol.